The molecule has 0 radical (unpaired) electrons. The lowest BCUT2D eigenvalue weighted by molar-refractivity contribution is -0.122. The van der Waals surface area contributed by atoms with E-state index in [0.717, 1.165) is 5.56 Å². The topological polar surface area (TPSA) is 207 Å². The Bertz CT molecular complexity index is 1870. The van der Waals surface area contributed by atoms with Crippen LogP contribution in [0.5, 0.6) is 0 Å². The van der Waals surface area contributed by atoms with Crippen LogP contribution < -0.4 is 21.1 Å². The number of hydrogen-bond donors (Lipinski definition) is 4. The quantitative estimate of drug-likeness (QED) is 0.244. The van der Waals surface area contributed by atoms with Crippen molar-refractivity contribution in [3.8, 4) is 0 Å². The van der Waals surface area contributed by atoms with Gasteiger partial charge in [0.25, 0.3) is 17.7 Å². The third kappa shape index (κ3) is 8.27. The first-order valence-corrected chi connectivity index (χ1v) is 17.1. The largest absolute Gasteiger partial charge is 0.446 e. The summed E-state index contributed by atoms with van der Waals surface area (Å²) in [6, 6.07) is 13.1. The first kappa shape index (κ1) is 33.4. The van der Waals surface area contributed by atoms with Crippen molar-refractivity contribution in [2.45, 2.75) is 37.2 Å². The second-order valence-electron chi connectivity index (χ2n) is 11.2. The van der Waals surface area contributed by atoms with E-state index >= 15 is 0 Å². The Morgan fingerprint density at radius 2 is 1.74 bits per heavy atom. The summed E-state index contributed by atoms with van der Waals surface area (Å²) in [6.45, 7) is 3.27. The Morgan fingerprint density at radius 3 is 2.43 bits per heavy atom. The summed E-state index contributed by atoms with van der Waals surface area (Å²) in [5.41, 5.74) is 1.10. The fraction of sp³-hybridized carbons (Fsp3) is 0.290. The van der Waals surface area contributed by atoms with Crippen molar-refractivity contribution < 1.29 is 32.0 Å². The van der Waals surface area contributed by atoms with Gasteiger partial charge >= 0.3 is 0 Å². The molecule has 1 aliphatic heterocycles. The van der Waals surface area contributed by atoms with Crippen LogP contribution >= 0.6 is 11.3 Å². The van der Waals surface area contributed by atoms with Crippen molar-refractivity contribution in [2.24, 2.45) is 11.1 Å². The van der Waals surface area contributed by atoms with E-state index in [1.54, 1.807) is 5.38 Å². The van der Waals surface area contributed by atoms with Gasteiger partial charge in [-0.15, -0.1) is 11.3 Å². The first-order valence-electron chi connectivity index (χ1n) is 14.6. The van der Waals surface area contributed by atoms with Crippen LogP contribution in [-0.2, 0) is 21.2 Å². The molecule has 4 bridgehead atoms. The number of benzene rings is 2. The van der Waals surface area contributed by atoms with Crippen molar-refractivity contribution in [1.82, 2.24) is 30.8 Å². The van der Waals surface area contributed by atoms with Gasteiger partial charge in [0, 0.05) is 30.5 Å². The van der Waals surface area contributed by atoms with Gasteiger partial charge in [0.05, 0.1) is 17.5 Å². The maximum atomic E-state index is 13.5. The second kappa shape index (κ2) is 14.2. The maximum absolute atomic E-state index is 13.5. The predicted octanol–water partition coefficient (Wildman–Crippen LogP) is 2.19. The summed E-state index contributed by atoms with van der Waals surface area (Å²) in [5.74, 6) is -2.17. The van der Waals surface area contributed by atoms with Crippen molar-refractivity contribution in [2.75, 3.05) is 19.6 Å². The smallest absolute Gasteiger partial charge is 0.273 e. The molecular formula is C31H33N7O7S2. The molecule has 0 aliphatic carbocycles. The molecule has 0 fully saturated rings. The fourth-order valence-corrected chi connectivity index (χ4v) is 6.43. The number of aromatic nitrogens is 2. The van der Waals surface area contributed by atoms with Crippen LogP contribution in [0, 0.1) is 5.92 Å². The number of sulfonamides is 1. The predicted molar refractivity (Wildman–Crippen MR) is 171 cm³/mol. The van der Waals surface area contributed by atoms with Crippen molar-refractivity contribution >= 4 is 45.0 Å². The van der Waals surface area contributed by atoms with E-state index in [2.05, 4.69) is 25.9 Å². The Balaban J connectivity index is 1.46. The van der Waals surface area contributed by atoms with Crippen LogP contribution in [0.4, 0.5) is 0 Å². The summed E-state index contributed by atoms with van der Waals surface area (Å²) in [6.07, 6.45) is 1.51. The van der Waals surface area contributed by atoms with Crippen LogP contribution in [0.2, 0.25) is 0 Å². The summed E-state index contributed by atoms with van der Waals surface area (Å²) in [4.78, 5) is 63.2. The molecule has 0 unspecified atom stereocenters. The maximum Gasteiger partial charge on any atom is 0.273 e. The van der Waals surface area contributed by atoms with Crippen molar-refractivity contribution in [3.05, 3.63) is 99.7 Å². The number of fused-ring (bicyclic) bond motifs is 4. The zero-order chi connectivity index (χ0) is 33.7. The standard InChI is InChI=1S/C31H33N7O7S2/c1-18(2)26-30-36-24(17-46-30)28(41)34-22(14-19-6-4-3-5-7-19)29-35-23(16-45-29)27(40)33-12-13-38(15-25(39)37-26)31(42)20-8-10-21(11-9-20)47(32,43)44/h3-11,16-18,22,26H,12-15H2,1-2H3,(H,33,40)(H,34,41)(H,37,39)(H2,32,43,44)/t22-,26-/m0/s1. The van der Waals surface area contributed by atoms with E-state index in [4.69, 9.17) is 9.56 Å². The van der Waals surface area contributed by atoms with Gasteiger partial charge in [-0.25, -0.2) is 23.5 Å². The van der Waals surface area contributed by atoms with Crippen LogP contribution in [-0.4, -0.2) is 66.5 Å². The van der Waals surface area contributed by atoms with Gasteiger partial charge in [-0.3, -0.25) is 19.2 Å². The zero-order valence-corrected chi connectivity index (χ0v) is 27.1. The first-order chi connectivity index (χ1) is 22.4. The molecule has 0 spiro atoms. The number of oxazole rings is 1. The summed E-state index contributed by atoms with van der Waals surface area (Å²) in [7, 11) is -3.98. The Hall–Kier alpha value is -4.93. The molecule has 5 N–H and O–H groups in total. The number of carbonyl (C=O) groups is 4. The normalized spacial score (nSPS) is 18.1. The van der Waals surface area contributed by atoms with Gasteiger partial charge in [-0.1, -0.05) is 44.2 Å². The average molecular weight is 680 g/mol. The molecule has 246 valence electrons. The number of amides is 4. The molecule has 2 atom stereocenters. The third-order valence-corrected chi connectivity index (χ3v) is 9.22. The molecule has 5 rings (SSSR count). The van der Waals surface area contributed by atoms with E-state index in [1.165, 1.54) is 46.8 Å². The molecule has 4 amide bonds. The zero-order valence-electron chi connectivity index (χ0n) is 25.5. The lowest BCUT2D eigenvalue weighted by Gasteiger charge is -2.25. The number of carbonyl (C=O) groups excluding carboxylic acids is 4. The lowest BCUT2D eigenvalue weighted by atomic mass is 10.0. The third-order valence-electron chi connectivity index (χ3n) is 7.36. The number of rotatable bonds is 5. The molecule has 1 aliphatic rings. The monoisotopic (exact) mass is 679 g/mol. The highest BCUT2D eigenvalue weighted by atomic mass is 32.2. The number of primary sulfonamides is 1. The van der Waals surface area contributed by atoms with Crippen molar-refractivity contribution in [3.63, 3.8) is 0 Å². The summed E-state index contributed by atoms with van der Waals surface area (Å²) < 4.78 is 29.0. The molecule has 16 heteroatoms. The molecule has 14 nitrogen and oxygen atoms in total. The van der Waals surface area contributed by atoms with Gasteiger partial charge in [-0.2, -0.15) is 0 Å². The summed E-state index contributed by atoms with van der Waals surface area (Å²) in [5, 5.41) is 15.8. The Kier molecular flexibility index (Phi) is 10.1. The molecule has 2 aromatic heterocycles. The number of nitrogens with one attached hydrogen (secondary N) is 3. The highest BCUT2D eigenvalue weighted by molar-refractivity contribution is 7.89. The summed E-state index contributed by atoms with van der Waals surface area (Å²) >= 11 is 1.21. The highest BCUT2D eigenvalue weighted by Crippen LogP contribution is 2.26. The molecule has 2 aromatic carbocycles. The van der Waals surface area contributed by atoms with Crippen LogP contribution in [0.25, 0.3) is 0 Å². The number of hydrogen-bond acceptors (Lipinski definition) is 10. The van der Waals surface area contributed by atoms with E-state index < -0.39 is 45.7 Å². The van der Waals surface area contributed by atoms with E-state index in [9.17, 15) is 27.6 Å². The Labute approximate surface area is 274 Å². The van der Waals surface area contributed by atoms with Gasteiger partial charge in [-0.05, 0) is 35.7 Å². The highest BCUT2D eigenvalue weighted by Gasteiger charge is 2.28. The molecule has 47 heavy (non-hydrogen) atoms. The van der Waals surface area contributed by atoms with Crippen LogP contribution in [0.1, 0.15) is 73.7 Å². The minimum Gasteiger partial charge on any atom is -0.446 e. The van der Waals surface area contributed by atoms with Crippen LogP contribution in [0.15, 0.2) is 75.6 Å². The van der Waals surface area contributed by atoms with Gasteiger partial charge in [0.1, 0.15) is 23.0 Å². The fourth-order valence-electron chi connectivity index (χ4n) is 4.89. The van der Waals surface area contributed by atoms with Gasteiger partial charge < -0.3 is 25.3 Å². The van der Waals surface area contributed by atoms with Crippen molar-refractivity contribution in [1.29, 1.82) is 0 Å². The minimum atomic E-state index is -3.98. The van der Waals surface area contributed by atoms with E-state index in [-0.39, 0.29) is 53.3 Å². The number of nitrogens with zero attached hydrogens (tertiary/aromatic N) is 3. The second-order valence-corrected chi connectivity index (χ2v) is 13.7. The molecule has 0 saturated carbocycles. The minimum absolute atomic E-state index is 0.0432. The van der Waals surface area contributed by atoms with E-state index in [0.29, 0.717) is 11.4 Å². The van der Waals surface area contributed by atoms with Gasteiger partial charge in [0.2, 0.25) is 21.8 Å². The number of nitrogens with two attached hydrogens (primary N) is 1. The van der Waals surface area contributed by atoms with Crippen LogP contribution in [0.3, 0.4) is 0 Å². The number of thiazole rings is 1. The average Bonchev–Trinajstić information content (AvgIpc) is 3.73. The van der Waals surface area contributed by atoms with Gasteiger partial charge in [0.15, 0.2) is 5.69 Å². The molecule has 4 aromatic rings. The SMILES string of the molecule is CC(C)[C@@H]1NC(=O)CN(C(=O)c2ccc(S(N)(=O)=O)cc2)CCNC(=O)c2coc(n2)[C@H](Cc2ccccc2)NC(=O)c2csc1n2. The molecule has 3 heterocycles. The lowest BCUT2D eigenvalue weighted by Crippen LogP contribution is -2.45. The van der Waals surface area contributed by atoms with E-state index in [1.807, 2.05) is 44.2 Å². The molecule has 0 saturated heterocycles. The molecular weight excluding hydrogens is 647 g/mol. The Morgan fingerprint density at radius 1 is 1.02 bits per heavy atom.